The summed E-state index contributed by atoms with van der Waals surface area (Å²) in [7, 11) is 0. The van der Waals surface area contributed by atoms with Crippen molar-refractivity contribution >= 4 is 23.3 Å². The van der Waals surface area contributed by atoms with Crippen LogP contribution in [0.5, 0.6) is 0 Å². The van der Waals surface area contributed by atoms with E-state index in [2.05, 4.69) is 10.6 Å². The van der Waals surface area contributed by atoms with Crippen molar-refractivity contribution in [2.45, 2.75) is 13.0 Å². The Morgan fingerprint density at radius 2 is 1.61 bits per heavy atom. The van der Waals surface area contributed by atoms with E-state index in [-0.39, 0.29) is 11.9 Å². The zero-order chi connectivity index (χ0) is 19.3. The lowest BCUT2D eigenvalue weighted by atomic mass is 10.1. The Morgan fingerprint density at radius 1 is 0.893 bits per heavy atom. The van der Waals surface area contributed by atoms with Crippen LogP contribution in [0.3, 0.4) is 0 Å². The molecule has 28 heavy (non-hydrogen) atoms. The smallest absolute Gasteiger partial charge is 0.319 e. The van der Waals surface area contributed by atoms with Crippen LogP contribution in [0.4, 0.5) is 16.2 Å². The van der Waals surface area contributed by atoms with E-state index in [0.717, 1.165) is 28.9 Å². The number of anilines is 2. The van der Waals surface area contributed by atoms with Crippen LogP contribution in [0.1, 0.15) is 21.5 Å². The van der Waals surface area contributed by atoms with Crippen molar-refractivity contribution in [1.82, 2.24) is 5.32 Å². The highest BCUT2D eigenvalue weighted by molar-refractivity contribution is 6.07. The third-order valence-corrected chi connectivity index (χ3v) is 4.79. The predicted molar refractivity (Wildman–Crippen MR) is 111 cm³/mol. The zero-order valence-electron chi connectivity index (χ0n) is 15.4. The highest BCUT2D eigenvalue weighted by atomic mass is 16.2. The molecule has 3 amide bonds. The fraction of sp³-hybridized carbons (Fsp3) is 0.130. The average molecular weight is 371 g/mol. The summed E-state index contributed by atoms with van der Waals surface area (Å²) in [6, 6.07) is 24.5. The van der Waals surface area contributed by atoms with Gasteiger partial charge in [0.2, 0.25) is 0 Å². The molecule has 2 N–H and O–H groups in total. The van der Waals surface area contributed by atoms with Gasteiger partial charge in [-0.15, -0.1) is 0 Å². The van der Waals surface area contributed by atoms with Crippen molar-refractivity contribution in [1.29, 1.82) is 0 Å². The molecule has 0 radical (unpaired) electrons. The van der Waals surface area contributed by atoms with Crippen LogP contribution < -0.4 is 15.5 Å². The maximum Gasteiger partial charge on any atom is 0.319 e. The second-order valence-electron chi connectivity index (χ2n) is 6.71. The van der Waals surface area contributed by atoms with Gasteiger partial charge in [0.15, 0.2) is 0 Å². The van der Waals surface area contributed by atoms with Crippen LogP contribution in [0, 0.1) is 0 Å². The number of nitrogens with zero attached hydrogens (tertiary/aromatic N) is 1. The molecule has 0 aromatic heterocycles. The number of nitrogens with one attached hydrogen (secondary N) is 2. The van der Waals surface area contributed by atoms with Crippen LogP contribution in [0.15, 0.2) is 78.9 Å². The number of hydrogen-bond acceptors (Lipinski definition) is 2. The molecule has 0 saturated heterocycles. The number of benzene rings is 3. The lowest BCUT2D eigenvalue weighted by Gasteiger charge is -2.17. The highest BCUT2D eigenvalue weighted by Crippen LogP contribution is 2.31. The molecule has 0 spiro atoms. The van der Waals surface area contributed by atoms with Gasteiger partial charge in [-0.05, 0) is 47.9 Å². The minimum absolute atomic E-state index is 0.000614. The molecule has 3 aromatic rings. The molecule has 1 heterocycles. The van der Waals surface area contributed by atoms with E-state index in [1.54, 1.807) is 4.90 Å². The Labute approximate surface area is 164 Å². The van der Waals surface area contributed by atoms with Crippen molar-refractivity contribution < 1.29 is 9.59 Å². The summed E-state index contributed by atoms with van der Waals surface area (Å²) >= 11 is 0. The Morgan fingerprint density at radius 3 is 2.36 bits per heavy atom. The molecule has 0 unspecified atom stereocenters. The minimum atomic E-state index is -0.251. The number of carbonyl (C=O) groups excluding carboxylic acids is 2. The molecular weight excluding hydrogens is 350 g/mol. The number of amides is 3. The van der Waals surface area contributed by atoms with Crippen molar-refractivity contribution in [2.75, 3.05) is 16.8 Å². The molecule has 5 nitrogen and oxygen atoms in total. The summed E-state index contributed by atoms with van der Waals surface area (Å²) in [6.07, 6.45) is 0.773. The topological polar surface area (TPSA) is 61.4 Å². The van der Waals surface area contributed by atoms with E-state index in [1.807, 2.05) is 78.9 Å². The van der Waals surface area contributed by atoms with E-state index in [9.17, 15) is 9.59 Å². The van der Waals surface area contributed by atoms with Gasteiger partial charge in [0.25, 0.3) is 5.91 Å². The Hall–Kier alpha value is -3.60. The monoisotopic (exact) mass is 371 g/mol. The van der Waals surface area contributed by atoms with Gasteiger partial charge < -0.3 is 15.5 Å². The predicted octanol–water partition coefficient (Wildman–Crippen LogP) is 4.21. The number of fused-ring (bicyclic) bond motifs is 1. The van der Waals surface area contributed by atoms with Crippen molar-refractivity contribution in [3.63, 3.8) is 0 Å². The van der Waals surface area contributed by atoms with E-state index in [4.69, 9.17) is 0 Å². The van der Waals surface area contributed by atoms with Gasteiger partial charge in [-0.3, -0.25) is 4.79 Å². The third-order valence-electron chi connectivity index (χ3n) is 4.79. The first-order valence-corrected chi connectivity index (χ1v) is 9.29. The molecule has 140 valence electrons. The third kappa shape index (κ3) is 3.88. The fourth-order valence-electron chi connectivity index (χ4n) is 3.38. The van der Waals surface area contributed by atoms with E-state index in [1.165, 1.54) is 0 Å². The molecule has 1 aliphatic heterocycles. The second-order valence-corrected chi connectivity index (χ2v) is 6.71. The standard InChI is InChI=1S/C23H21N3O2/c27-22(18-9-5-2-6-10-18)26-14-13-19-15-20(11-12-21(19)26)25-23(28)24-16-17-7-3-1-4-8-17/h1-12,15H,13-14,16H2,(H2,24,25,28). The highest BCUT2D eigenvalue weighted by Gasteiger charge is 2.25. The molecule has 0 aliphatic carbocycles. The van der Waals surface area contributed by atoms with Gasteiger partial charge in [-0.25, -0.2) is 4.79 Å². The molecule has 0 bridgehead atoms. The molecule has 4 rings (SSSR count). The van der Waals surface area contributed by atoms with Gasteiger partial charge in [-0.1, -0.05) is 48.5 Å². The molecule has 0 saturated carbocycles. The number of rotatable bonds is 4. The van der Waals surface area contributed by atoms with Crippen LogP contribution in [-0.2, 0) is 13.0 Å². The molecule has 0 fully saturated rings. The van der Waals surface area contributed by atoms with Crippen molar-refractivity contribution in [3.05, 3.63) is 95.6 Å². The summed E-state index contributed by atoms with van der Waals surface area (Å²) in [4.78, 5) is 26.7. The van der Waals surface area contributed by atoms with Crippen molar-refractivity contribution in [3.8, 4) is 0 Å². The molecule has 5 heteroatoms. The summed E-state index contributed by atoms with van der Waals surface area (Å²) in [5.41, 5.74) is 4.41. The first-order valence-electron chi connectivity index (χ1n) is 9.29. The Bertz CT molecular complexity index is 987. The quantitative estimate of drug-likeness (QED) is 0.722. The number of carbonyl (C=O) groups is 2. The SMILES string of the molecule is O=C(NCc1ccccc1)Nc1ccc2c(c1)CCN2C(=O)c1ccccc1. The normalized spacial score (nSPS) is 12.4. The molecular formula is C23H21N3O2. The van der Waals surface area contributed by atoms with Crippen LogP contribution in [-0.4, -0.2) is 18.5 Å². The van der Waals surface area contributed by atoms with Crippen molar-refractivity contribution in [2.24, 2.45) is 0 Å². The van der Waals surface area contributed by atoms with Gasteiger partial charge in [0, 0.05) is 30.0 Å². The van der Waals surface area contributed by atoms with Gasteiger partial charge in [0.05, 0.1) is 0 Å². The van der Waals surface area contributed by atoms with Gasteiger partial charge in [-0.2, -0.15) is 0 Å². The van der Waals surface area contributed by atoms with Gasteiger partial charge >= 0.3 is 6.03 Å². The summed E-state index contributed by atoms with van der Waals surface area (Å²) < 4.78 is 0. The van der Waals surface area contributed by atoms with Gasteiger partial charge in [0.1, 0.15) is 0 Å². The molecule has 1 aliphatic rings. The van der Waals surface area contributed by atoms with Crippen LogP contribution in [0.2, 0.25) is 0 Å². The number of hydrogen-bond donors (Lipinski definition) is 2. The Balaban J connectivity index is 1.41. The van der Waals surface area contributed by atoms with E-state index < -0.39 is 0 Å². The first kappa shape index (κ1) is 17.8. The van der Waals surface area contributed by atoms with E-state index in [0.29, 0.717) is 18.7 Å². The Kier molecular flexibility index (Phi) is 5.06. The molecule has 0 atom stereocenters. The van der Waals surface area contributed by atoms with Crippen LogP contribution >= 0.6 is 0 Å². The van der Waals surface area contributed by atoms with Crippen LogP contribution in [0.25, 0.3) is 0 Å². The maximum absolute atomic E-state index is 12.7. The summed E-state index contributed by atoms with van der Waals surface area (Å²) in [6.45, 7) is 1.11. The molecule has 3 aromatic carbocycles. The number of urea groups is 1. The largest absolute Gasteiger partial charge is 0.334 e. The minimum Gasteiger partial charge on any atom is -0.334 e. The fourth-order valence-corrected chi connectivity index (χ4v) is 3.38. The first-order chi connectivity index (χ1) is 13.7. The maximum atomic E-state index is 12.7. The summed E-state index contributed by atoms with van der Waals surface area (Å²) in [5, 5.41) is 5.71. The average Bonchev–Trinajstić information content (AvgIpc) is 3.16. The lowest BCUT2D eigenvalue weighted by Crippen LogP contribution is -2.29. The second kappa shape index (κ2) is 7.96. The zero-order valence-corrected chi connectivity index (χ0v) is 15.4. The lowest BCUT2D eigenvalue weighted by molar-refractivity contribution is 0.0989. The van der Waals surface area contributed by atoms with E-state index >= 15 is 0 Å². The summed E-state index contributed by atoms with van der Waals surface area (Å²) in [5.74, 6) is 0.000614.